The lowest BCUT2D eigenvalue weighted by Crippen LogP contribution is -2.13. The molecular formula is C22H26N4O2S. The number of hydrogen-bond acceptors (Lipinski definition) is 4. The second-order valence-electron chi connectivity index (χ2n) is 7.96. The highest BCUT2D eigenvalue weighted by molar-refractivity contribution is 7.92. The first-order valence-corrected chi connectivity index (χ1v) is 11.5. The molecule has 0 fully saturated rings. The van der Waals surface area contributed by atoms with Crippen molar-refractivity contribution in [2.45, 2.75) is 51.0 Å². The van der Waals surface area contributed by atoms with Crippen LogP contribution in [0.1, 0.15) is 38.1 Å². The predicted molar refractivity (Wildman–Crippen MR) is 114 cm³/mol. The molecule has 1 N–H and O–H groups in total. The molecule has 7 heteroatoms. The van der Waals surface area contributed by atoms with Crippen LogP contribution in [0.25, 0.3) is 11.4 Å². The van der Waals surface area contributed by atoms with Gasteiger partial charge in [-0.05, 0) is 55.0 Å². The smallest absolute Gasteiger partial charge is 0.261 e. The van der Waals surface area contributed by atoms with Crippen LogP contribution in [-0.2, 0) is 29.4 Å². The molecule has 1 aliphatic rings. The van der Waals surface area contributed by atoms with Crippen molar-refractivity contribution in [2.75, 3.05) is 4.72 Å². The van der Waals surface area contributed by atoms with Gasteiger partial charge in [0.2, 0.25) is 0 Å². The van der Waals surface area contributed by atoms with Crippen molar-refractivity contribution in [1.82, 2.24) is 14.8 Å². The van der Waals surface area contributed by atoms with Crippen LogP contribution >= 0.6 is 0 Å². The molecule has 0 saturated carbocycles. The number of sulfonamides is 1. The lowest BCUT2D eigenvalue weighted by molar-refractivity contribution is 0.586. The van der Waals surface area contributed by atoms with Gasteiger partial charge in [-0.1, -0.05) is 38.1 Å². The van der Waals surface area contributed by atoms with Gasteiger partial charge in [0.25, 0.3) is 10.0 Å². The highest BCUT2D eigenvalue weighted by atomic mass is 32.2. The summed E-state index contributed by atoms with van der Waals surface area (Å²) < 4.78 is 30.4. The first kappa shape index (κ1) is 19.6. The van der Waals surface area contributed by atoms with Crippen LogP contribution in [0.4, 0.5) is 5.69 Å². The van der Waals surface area contributed by atoms with E-state index in [4.69, 9.17) is 0 Å². The summed E-state index contributed by atoms with van der Waals surface area (Å²) >= 11 is 0. The van der Waals surface area contributed by atoms with Crippen molar-refractivity contribution in [1.29, 1.82) is 0 Å². The highest BCUT2D eigenvalue weighted by Gasteiger charge is 2.19. The van der Waals surface area contributed by atoms with Crippen LogP contribution in [0.15, 0.2) is 53.4 Å². The Labute approximate surface area is 172 Å². The van der Waals surface area contributed by atoms with Gasteiger partial charge < -0.3 is 4.57 Å². The highest BCUT2D eigenvalue weighted by Crippen LogP contribution is 2.26. The zero-order valence-electron chi connectivity index (χ0n) is 16.8. The van der Waals surface area contributed by atoms with Gasteiger partial charge in [0.05, 0.1) is 4.90 Å². The van der Waals surface area contributed by atoms with Crippen molar-refractivity contribution in [3.05, 3.63) is 59.9 Å². The maximum absolute atomic E-state index is 12.8. The third-order valence-corrected chi connectivity index (χ3v) is 6.62. The SMILES string of the molecule is CC(C)CCc1ccc(S(=O)(=O)Nc2cccc(-c3nnc4n3CCC4)c2)cc1. The summed E-state index contributed by atoms with van der Waals surface area (Å²) in [5.41, 5.74) is 2.52. The molecule has 152 valence electrons. The largest absolute Gasteiger partial charge is 0.311 e. The second kappa shape index (κ2) is 7.99. The number of fused-ring (bicyclic) bond motifs is 1. The Kier molecular flexibility index (Phi) is 5.41. The van der Waals surface area contributed by atoms with E-state index in [0.29, 0.717) is 11.6 Å². The fourth-order valence-corrected chi connectivity index (χ4v) is 4.64. The molecule has 3 aromatic rings. The summed E-state index contributed by atoms with van der Waals surface area (Å²) in [7, 11) is -3.65. The van der Waals surface area contributed by atoms with Gasteiger partial charge in [0.15, 0.2) is 5.82 Å². The van der Waals surface area contributed by atoms with Crippen LogP contribution in [0.3, 0.4) is 0 Å². The van der Waals surface area contributed by atoms with Crippen molar-refractivity contribution < 1.29 is 8.42 Å². The molecule has 0 unspecified atom stereocenters. The molecule has 0 radical (unpaired) electrons. The minimum Gasteiger partial charge on any atom is -0.311 e. The molecule has 29 heavy (non-hydrogen) atoms. The Morgan fingerprint density at radius 2 is 1.90 bits per heavy atom. The van der Waals surface area contributed by atoms with Crippen LogP contribution in [-0.4, -0.2) is 23.2 Å². The minimum atomic E-state index is -3.65. The van der Waals surface area contributed by atoms with Gasteiger partial charge in [-0.25, -0.2) is 8.42 Å². The minimum absolute atomic E-state index is 0.263. The Bertz CT molecular complexity index is 1100. The van der Waals surface area contributed by atoms with Crippen molar-refractivity contribution in [3.63, 3.8) is 0 Å². The van der Waals surface area contributed by atoms with E-state index in [1.54, 1.807) is 18.2 Å². The summed E-state index contributed by atoms with van der Waals surface area (Å²) in [4.78, 5) is 0.263. The number of aromatic nitrogens is 3. The molecular weight excluding hydrogens is 384 g/mol. The third kappa shape index (κ3) is 4.34. The number of nitrogens with one attached hydrogen (secondary N) is 1. The van der Waals surface area contributed by atoms with Gasteiger partial charge in [0, 0.05) is 24.2 Å². The number of rotatable bonds is 7. The lowest BCUT2D eigenvalue weighted by Gasteiger charge is -2.11. The predicted octanol–water partition coefficient (Wildman–Crippen LogP) is 4.28. The maximum Gasteiger partial charge on any atom is 0.261 e. The summed E-state index contributed by atoms with van der Waals surface area (Å²) in [6.45, 7) is 5.27. The summed E-state index contributed by atoms with van der Waals surface area (Å²) in [5, 5.41) is 8.51. The Morgan fingerprint density at radius 3 is 2.66 bits per heavy atom. The van der Waals surface area contributed by atoms with Gasteiger partial charge in [0.1, 0.15) is 5.82 Å². The zero-order chi connectivity index (χ0) is 20.4. The van der Waals surface area contributed by atoms with E-state index in [2.05, 4.69) is 33.3 Å². The standard InChI is InChI=1S/C22H26N4O2S/c1-16(2)8-9-17-10-12-20(13-11-17)29(27,28)25-19-6-3-5-18(15-19)22-24-23-21-7-4-14-26(21)22/h3,5-6,10-13,15-16,25H,4,7-9,14H2,1-2H3. The molecule has 4 rings (SSSR count). The second-order valence-corrected chi connectivity index (χ2v) is 9.64. The summed E-state index contributed by atoms with van der Waals surface area (Å²) in [5.74, 6) is 2.40. The molecule has 0 aliphatic carbocycles. The number of hydrogen-bond donors (Lipinski definition) is 1. The van der Waals surface area contributed by atoms with Gasteiger partial charge >= 0.3 is 0 Å². The van der Waals surface area contributed by atoms with Gasteiger partial charge in [-0.2, -0.15) is 0 Å². The number of benzene rings is 2. The van der Waals surface area contributed by atoms with Crippen LogP contribution < -0.4 is 4.72 Å². The topological polar surface area (TPSA) is 76.9 Å². The quantitative estimate of drug-likeness (QED) is 0.631. The van der Waals surface area contributed by atoms with Crippen LogP contribution in [0.5, 0.6) is 0 Å². The van der Waals surface area contributed by atoms with Crippen molar-refractivity contribution in [2.24, 2.45) is 5.92 Å². The number of aryl methyl sites for hydroxylation is 2. The molecule has 0 amide bonds. The van der Waals surface area contributed by atoms with Crippen molar-refractivity contribution >= 4 is 15.7 Å². The molecule has 6 nitrogen and oxygen atoms in total. The Balaban J connectivity index is 1.52. The first-order chi connectivity index (χ1) is 13.9. The average Bonchev–Trinajstić information content (AvgIpc) is 3.30. The third-order valence-electron chi connectivity index (χ3n) is 5.23. The normalized spacial score (nSPS) is 13.6. The van der Waals surface area contributed by atoms with E-state index in [1.807, 2.05) is 30.3 Å². The molecule has 2 heterocycles. The van der Waals surface area contributed by atoms with Crippen LogP contribution in [0, 0.1) is 5.92 Å². The van der Waals surface area contributed by atoms with Crippen molar-refractivity contribution in [3.8, 4) is 11.4 Å². The number of anilines is 1. The van der Waals surface area contributed by atoms with E-state index in [-0.39, 0.29) is 4.90 Å². The Morgan fingerprint density at radius 1 is 1.10 bits per heavy atom. The fourth-order valence-electron chi connectivity index (χ4n) is 3.59. The molecule has 1 aromatic heterocycles. The number of nitrogens with zero attached hydrogens (tertiary/aromatic N) is 3. The molecule has 2 aromatic carbocycles. The maximum atomic E-state index is 12.8. The molecule has 0 atom stereocenters. The molecule has 0 spiro atoms. The lowest BCUT2D eigenvalue weighted by atomic mass is 10.0. The summed E-state index contributed by atoms with van der Waals surface area (Å²) in [6, 6.07) is 14.5. The molecule has 1 aliphatic heterocycles. The van der Waals surface area contributed by atoms with E-state index < -0.39 is 10.0 Å². The molecule has 0 saturated heterocycles. The average molecular weight is 411 g/mol. The Hall–Kier alpha value is -2.67. The van der Waals surface area contributed by atoms with E-state index in [0.717, 1.165) is 55.0 Å². The van der Waals surface area contributed by atoms with E-state index >= 15 is 0 Å². The van der Waals surface area contributed by atoms with E-state index in [9.17, 15) is 8.42 Å². The monoisotopic (exact) mass is 410 g/mol. The van der Waals surface area contributed by atoms with Gasteiger partial charge in [-0.3, -0.25) is 4.72 Å². The molecule has 0 bridgehead atoms. The van der Waals surface area contributed by atoms with E-state index in [1.165, 1.54) is 0 Å². The van der Waals surface area contributed by atoms with Crippen LogP contribution in [0.2, 0.25) is 0 Å². The summed E-state index contributed by atoms with van der Waals surface area (Å²) in [6.07, 6.45) is 4.05. The first-order valence-electron chi connectivity index (χ1n) is 10.1. The zero-order valence-corrected chi connectivity index (χ0v) is 17.6. The van der Waals surface area contributed by atoms with Gasteiger partial charge in [-0.15, -0.1) is 10.2 Å². The fraction of sp³-hybridized carbons (Fsp3) is 0.364.